The summed E-state index contributed by atoms with van der Waals surface area (Å²) in [6, 6.07) is 10.6. The van der Waals surface area contributed by atoms with Gasteiger partial charge in [0.25, 0.3) is 11.6 Å². The molecule has 33 heavy (non-hydrogen) atoms. The zero-order valence-corrected chi connectivity index (χ0v) is 19.5. The van der Waals surface area contributed by atoms with E-state index in [1.165, 1.54) is 23.5 Å². The maximum atomic E-state index is 13.0. The fourth-order valence-corrected chi connectivity index (χ4v) is 4.53. The van der Waals surface area contributed by atoms with Crippen molar-refractivity contribution in [3.8, 4) is 5.75 Å². The van der Waals surface area contributed by atoms with E-state index in [2.05, 4.69) is 24.0 Å². The van der Waals surface area contributed by atoms with Crippen LogP contribution in [0.1, 0.15) is 34.3 Å². The van der Waals surface area contributed by atoms with Crippen LogP contribution in [-0.4, -0.2) is 49.7 Å². The van der Waals surface area contributed by atoms with Crippen molar-refractivity contribution in [1.29, 1.82) is 0 Å². The average Bonchev–Trinajstić information content (AvgIpc) is 3.21. The van der Waals surface area contributed by atoms with Crippen LogP contribution in [0.5, 0.6) is 5.75 Å². The lowest BCUT2D eigenvalue weighted by atomic mass is 10.1. The minimum absolute atomic E-state index is 0.0377. The van der Waals surface area contributed by atoms with Crippen molar-refractivity contribution in [2.75, 3.05) is 13.1 Å². The molecule has 0 N–H and O–H groups in total. The molecule has 2 aromatic carbocycles. The van der Waals surface area contributed by atoms with Crippen molar-refractivity contribution in [3.05, 3.63) is 69.5 Å². The highest BCUT2D eigenvalue weighted by Crippen LogP contribution is 2.34. The highest BCUT2D eigenvalue weighted by atomic mass is 32.2. The van der Waals surface area contributed by atoms with Gasteiger partial charge in [-0.05, 0) is 61.0 Å². The molecule has 172 valence electrons. The molecule has 0 radical (unpaired) electrons. The summed E-state index contributed by atoms with van der Waals surface area (Å²) in [5.41, 5.74) is 2.58. The third kappa shape index (κ3) is 5.16. The van der Waals surface area contributed by atoms with Crippen LogP contribution in [-0.2, 0) is 7.05 Å². The molecule has 0 saturated carbocycles. The van der Waals surface area contributed by atoms with Crippen molar-refractivity contribution in [2.24, 2.45) is 7.05 Å². The van der Waals surface area contributed by atoms with Crippen molar-refractivity contribution >= 4 is 23.4 Å². The van der Waals surface area contributed by atoms with Crippen molar-refractivity contribution in [1.82, 2.24) is 19.7 Å². The van der Waals surface area contributed by atoms with Crippen LogP contribution in [0.3, 0.4) is 0 Å². The van der Waals surface area contributed by atoms with Crippen LogP contribution in [0.25, 0.3) is 0 Å². The summed E-state index contributed by atoms with van der Waals surface area (Å²) in [6.45, 7) is 5.20. The summed E-state index contributed by atoms with van der Waals surface area (Å²) in [6.07, 6.45) is 2.98. The molecule has 1 amide bonds. The average molecular weight is 468 g/mol. The SMILES string of the molecule is Cc1ccc(OC2CCN(C(=O)c3ccc(Sc4nncn4C)c([N+](=O)[O-])c3)CC2)cc1C. The van der Waals surface area contributed by atoms with Gasteiger partial charge in [0.05, 0.1) is 9.82 Å². The fraction of sp³-hybridized carbons (Fsp3) is 0.348. The molecule has 9 nitrogen and oxygen atoms in total. The Bertz CT molecular complexity index is 1190. The summed E-state index contributed by atoms with van der Waals surface area (Å²) in [7, 11) is 1.76. The second-order valence-electron chi connectivity index (χ2n) is 8.12. The van der Waals surface area contributed by atoms with Crippen LogP contribution < -0.4 is 4.74 Å². The zero-order valence-electron chi connectivity index (χ0n) is 18.7. The Kier molecular flexibility index (Phi) is 6.64. The van der Waals surface area contributed by atoms with Gasteiger partial charge in [-0.15, -0.1) is 10.2 Å². The standard InChI is InChI=1S/C23H25N5O4S/c1-15-4-6-19(12-16(15)2)32-18-8-10-27(11-9-18)22(29)17-5-7-21(20(13-17)28(30)31)33-23-25-24-14-26(23)3/h4-7,12-14,18H,8-11H2,1-3H3. The van der Waals surface area contributed by atoms with Crippen LogP contribution in [0.4, 0.5) is 5.69 Å². The molecule has 1 aliphatic heterocycles. The Hall–Kier alpha value is -3.40. The first-order valence-corrected chi connectivity index (χ1v) is 11.5. The van der Waals surface area contributed by atoms with Crippen LogP contribution in [0.15, 0.2) is 52.8 Å². The van der Waals surface area contributed by atoms with Gasteiger partial charge < -0.3 is 14.2 Å². The minimum atomic E-state index is -0.473. The van der Waals surface area contributed by atoms with Crippen molar-refractivity contribution in [3.63, 3.8) is 0 Å². The number of nitro benzene ring substituents is 1. The van der Waals surface area contributed by atoms with Gasteiger partial charge in [0.15, 0.2) is 5.16 Å². The lowest BCUT2D eigenvalue weighted by Gasteiger charge is -2.32. The first kappa shape index (κ1) is 22.8. The Balaban J connectivity index is 1.41. The summed E-state index contributed by atoms with van der Waals surface area (Å²) < 4.78 is 7.79. The molecule has 0 aliphatic carbocycles. The number of carbonyl (C=O) groups excluding carboxylic acids is 1. The van der Waals surface area contributed by atoms with Gasteiger partial charge in [-0.2, -0.15) is 0 Å². The molecule has 2 heterocycles. The molecule has 0 unspecified atom stereocenters. The summed E-state index contributed by atoms with van der Waals surface area (Å²) in [5, 5.41) is 19.9. The van der Waals surface area contributed by atoms with Gasteiger partial charge in [-0.25, -0.2) is 0 Å². The zero-order chi connectivity index (χ0) is 23.5. The molecule has 10 heteroatoms. The van der Waals surface area contributed by atoms with E-state index in [9.17, 15) is 14.9 Å². The first-order chi connectivity index (χ1) is 15.8. The molecule has 4 rings (SSSR count). The number of nitro groups is 1. The van der Waals surface area contributed by atoms with E-state index in [-0.39, 0.29) is 17.7 Å². The minimum Gasteiger partial charge on any atom is -0.490 e. The maximum absolute atomic E-state index is 13.0. The number of ether oxygens (including phenoxy) is 1. The summed E-state index contributed by atoms with van der Waals surface area (Å²) >= 11 is 1.14. The molecule has 0 bridgehead atoms. The van der Waals surface area contributed by atoms with Gasteiger partial charge in [0.2, 0.25) is 0 Å². The van der Waals surface area contributed by atoms with E-state index >= 15 is 0 Å². The normalized spacial score (nSPS) is 14.3. The Morgan fingerprint density at radius 3 is 2.55 bits per heavy atom. The Morgan fingerprint density at radius 2 is 1.91 bits per heavy atom. The molecule has 3 aromatic rings. The quantitative estimate of drug-likeness (QED) is 0.396. The van der Waals surface area contributed by atoms with Crippen molar-refractivity contribution < 1.29 is 14.5 Å². The molecule has 1 aliphatic rings. The third-order valence-corrected chi connectivity index (χ3v) is 6.90. The Labute approximate surface area is 195 Å². The second kappa shape index (κ2) is 9.62. The molecular weight excluding hydrogens is 442 g/mol. The molecule has 1 saturated heterocycles. The topological polar surface area (TPSA) is 103 Å². The predicted molar refractivity (Wildman–Crippen MR) is 124 cm³/mol. The fourth-order valence-electron chi connectivity index (χ4n) is 3.68. The van der Waals surface area contributed by atoms with E-state index in [1.54, 1.807) is 28.6 Å². The smallest absolute Gasteiger partial charge is 0.284 e. The van der Waals surface area contributed by atoms with E-state index in [0.29, 0.717) is 41.5 Å². The van der Waals surface area contributed by atoms with Gasteiger partial charge in [-0.1, -0.05) is 6.07 Å². The number of piperidine rings is 1. The Morgan fingerprint density at radius 1 is 1.15 bits per heavy atom. The number of hydrogen-bond donors (Lipinski definition) is 0. The van der Waals surface area contributed by atoms with Gasteiger partial charge >= 0.3 is 0 Å². The van der Waals surface area contributed by atoms with Crippen LogP contribution >= 0.6 is 11.8 Å². The van der Waals surface area contributed by atoms with E-state index < -0.39 is 4.92 Å². The number of amides is 1. The largest absolute Gasteiger partial charge is 0.490 e. The number of likely N-dealkylation sites (tertiary alicyclic amines) is 1. The number of nitrogens with zero attached hydrogens (tertiary/aromatic N) is 5. The van der Waals surface area contributed by atoms with E-state index in [4.69, 9.17) is 4.74 Å². The monoisotopic (exact) mass is 467 g/mol. The first-order valence-electron chi connectivity index (χ1n) is 10.7. The molecule has 0 spiro atoms. The highest BCUT2D eigenvalue weighted by Gasteiger charge is 2.27. The summed E-state index contributed by atoms with van der Waals surface area (Å²) in [5.74, 6) is 0.632. The number of rotatable bonds is 6. The number of carbonyl (C=O) groups is 1. The van der Waals surface area contributed by atoms with E-state index in [1.807, 2.05) is 18.2 Å². The van der Waals surface area contributed by atoms with Crippen molar-refractivity contribution in [2.45, 2.75) is 42.8 Å². The number of aromatic nitrogens is 3. The molecule has 1 aromatic heterocycles. The number of benzene rings is 2. The van der Waals surface area contributed by atoms with E-state index in [0.717, 1.165) is 17.5 Å². The molecule has 0 atom stereocenters. The highest BCUT2D eigenvalue weighted by molar-refractivity contribution is 7.99. The van der Waals surface area contributed by atoms with Gasteiger partial charge in [-0.3, -0.25) is 14.9 Å². The second-order valence-corrected chi connectivity index (χ2v) is 9.13. The predicted octanol–water partition coefficient (Wildman–Crippen LogP) is 4.17. The van der Waals surface area contributed by atoms with Gasteiger partial charge in [0.1, 0.15) is 18.2 Å². The summed E-state index contributed by atoms with van der Waals surface area (Å²) in [4.78, 5) is 26.4. The van der Waals surface area contributed by atoms with Gasteiger partial charge in [0, 0.05) is 44.6 Å². The number of aryl methyl sites for hydroxylation is 3. The number of hydrogen-bond acceptors (Lipinski definition) is 7. The van der Waals surface area contributed by atoms with Crippen LogP contribution in [0.2, 0.25) is 0 Å². The lowest BCUT2D eigenvalue weighted by Crippen LogP contribution is -2.41. The third-order valence-electron chi connectivity index (χ3n) is 5.78. The maximum Gasteiger partial charge on any atom is 0.284 e. The molecule has 1 fully saturated rings. The molecular formula is C23H25N5O4S. The lowest BCUT2D eigenvalue weighted by molar-refractivity contribution is -0.387. The van der Waals surface area contributed by atoms with Crippen LogP contribution in [0, 0.1) is 24.0 Å².